The Morgan fingerprint density at radius 1 is 1.27 bits per heavy atom. The SMILES string of the molecule is CC1CN(S(=O)(=O)c2ccc(C(=O)NC3CC3)cc2)CCO1. The van der Waals surface area contributed by atoms with Crippen molar-refractivity contribution < 1.29 is 17.9 Å². The number of hydrogen-bond donors (Lipinski definition) is 1. The van der Waals surface area contributed by atoms with Crippen LogP contribution < -0.4 is 5.32 Å². The van der Waals surface area contributed by atoms with Crippen molar-refractivity contribution in [1.29, 1.82) is 0 Å². The molecule has 0 aromatic heterocycles. The molecular weight excluding hydrogens is 304 g/mol. The van der Waals surface area contributed by atoms with Gasteiger partial charge < -0.3 is 10.1 Å². The molecule has 1 atom stereocenters. The van der Waals surface area contributed by atoms with Crippen molar-refractivity contribution in [1.82, 2.24) is 9.62 Å². The van der Waals surface area contributed by atoms with E-state index < -0.39 is 10.0 Å². The minimum Gasteiger partial charge on any atom is -0.376 e. The number of morpholine rings is 1. The number of ether oxygens (including phenoxy) is 1. The smallest absolute Gasteiger partial charge is 0.251 e. The molecule has 3 rings (SSSR count). The molecule has 0 radical (unpaired) electrons. The first kappa shape index (κ1) is 15.5. The van der Waals surface area contributed by atoms with E-state index in [0.29, 0.717) is 25.3 Å². The second kappa shape index (κ2) is 5.98. The number of benzene rings is 1. The summed E-state index contributed by atoms with van der Waals surface area (Å²) < 4.78 is 31.9. The Bertz CT molecular complexity index is 653. The number of nitrogens with zero attached hydrogens (tertiary/aromatic N) is 1. The fourth-order valence-electron chi connectivity index (χ4n) is 2.43. The van der Waals surface area contributed by atoms with E-state index in [-0.39, 0.29) is 22.9 Å². The maximum atomic E-state index is 12.6. The average Bonchev–Trinajstić information content (AvgIpc) is 3.31. The van der Waals surface area contributed by atoms with Crippen molar-refractivity contribution in [2.75, 3.05) is 19.7 Å². The summed E-state index contributed by atoms with van der Waals surface area (Å²) in [5, 5.41) is 2.88. The van der Waals surface area contributed by atoms with Crippen LogP contribution in [0.2, 0.25) is 0 Å². The van der Waals surface area contributed by atoms with E-state index in [0.717, 1.165) is 12.8 Å². The molecule has 2 aliphatic rings. The van der Waals surface area contributed by atoms with Gasteiger partial charge in [0, 0.05) is 24.7 Å². The van der Waals surface area contributed by atoms with Gasteiger partial charge in [0.15, 0.2) is 0 Å². The molecule has 0 spiro atoms. The summed E-state index contributed by atoms with van der Waals surface area (Å²) in [6, 6.07) is 6.41. The lowest BCUT2D eigenvalue weighted by Crippen LogP contribution is -2.44. The monoisotopic (exact) mass is 324 g/mol. The molecular formula is C15H20N2O4S. The lowest BCUT2D eigenvalue weighted by molar-refractivity contribution is 0.0102. The van der Waals surface area contributed by atoms with E-state index in [1.165, 1.54) is 16.4 Å². The molecule has 0 bridgehead atoms. The van der Waals surface area contributed by atoms with Gasteiger partial charge >= 0.3 is 0 Å². The van der Waals surface area contributed by atoms with Crippen LogP contribution in [0.5, 0.6) is 0 Å². The lowest BCUT2D eigenvalue weighted by atomic mass is 10.2. The van der Waals surface area contributed by atoms with E-state index in [9.17, 15) is 13.2 Å². The van der Waals surface area contributed by atoms with Crippen molar-refractivity contribution in [2.24, 2.45) is 0 Å². The summed E-state index contributed by atoms with van der Waals surface area (Å²) in [6.45, 7) is 2.97. The van der Waals surface area contributed by atoms with E-state index in [1.807, 2.05) is 6.92 Å². The molecule has 1 heterocycles. The molecule has 1 amide bonds. The molecule has 1 unspecified atom stereocenters. The Balaban J connectivity index is 1.74. The number of carbonyl (C=O) groups excluding carboxylic acids is 1. The molecule has 1 aliphatic carbocycles. The predicted molar refractivity (Wildman–Crippen MR) is 81.1 cm³/mol. The van der Waals surface area contributed by atoms with Crippen molar-refractivity contribution >= 4 is 15.9 Å². The predicted octanol–water partition coefficient (Wildman–Crippen LogP) is 0.988. The Hall–Kier alpha value is -1.44. The Morgan fingerprint density at radius 2 is 1.95 bits per heavy atom. The van der Waals surface area contributed by atoms with Crippen LogP contribution in [0, 0.1) is 0 Å². The Kier molecular flexibility index (Phi) is 4.20. The Morgan fingerprint density at radius 3 is 2.55 bits per heavy atom. The maximum Gasteiger partial charge on any atom is 0.251 e. The highest BCUT2D eigenvalue weighted by Crippen LogP contribution is 2.21. The van der Waals surface area contributed by atoms with Crippen LogP contribution in [-0.4, -0.2) is 50.5 Å². The van der Waals surface area contributed by atoms with E-state index >= 15 is 0 Å². The number of hydrogen-bond acceptors (Lipinski definition) is 4. The summed E-state index contributed by atoms with van der Waals surface area (Å²) in [4.78, 5) is 12.1. The van der Waals surface area contributed by atoms with Gasteiger partial charge in [-0.05, 0) is 44.0 Å². The van der Waals surface area contributed by atoms with Gasteiger partial charge in [-0.3, -0.25) is 4.79 Å². The number of sulfonamides is 1. The lowest BCUT2D eigenvalue weighted by Gasteiger charge is -2.30. The van der Waals surface area contributed by atoms with Crippen LogP contribution in [0.15, 0.2) is 29.2 Å². The quantitative estimate of drug-likeness (QED) is 0.896. The van der Waals surface area contributed by atoms with Crippen LogP contribution in [0.25, 0.3) is 0 Å². The topological polar surface area (TPSA) is 75.7 Å². The van der Waals surface area contributed by atoms with Gasteiger partial charge in [-0.15, -0.1) is 0 Å². The van der Waals surface area contributed by atoms with Crippen LogP contribution in [0.1, 0.15) is 30.1 Å². The van der Waals surface area contributed by atoms with Crippen LogP contribution >= 0.6 is 0 Å². The van der Waals surface area contributed by atoms with Crippen molar-refractivity contribution in [3.8, 4) is 0 Å². The van der Waals surface area contributed by atoms with Gasteiger partial charge in [0.05, 0.1) is 17.6 Å². The molecule has 7 heteroatoms. The van der Waals surface area contributed by atoms with Crippen LogP contribution in [-0.2, 0) is 14.8 Å². The summed E-state index contributed by atoms with van der Waals surface area (Å²) in [5.41, 5.74) is 0.487. The summed E-state index contributed by atoms with van der Waals surface area (Å²) in [6.07, 6.45) is 1.94. The summed E-state index contributed by atoms with van der Waals surface area (Å²) >= 11 is 0. The third-order valence-electron chi connectivity index (χ3n) is 3.87. The van der Waals surface area contributed by atoms with Gasteiger partial charge in [0.25, 0.3) is 5.91 Å². The highest BCUT2D eigenvalue weighted by atomic mass is 32.2. The third kappa shape index (κ3) is 3.31. The van der Waals surface area contributed by atoms with E-state index in [4.69, 9.17) is 4.74 Å². The van der Waals surface area contributed by atoms with Crippen molar-refractivity contribution in [3.63, 3.8) is 0 Å². The van der Waals surface area contributed by atoms with E-state index in [1.54, 1.807) is 12.1 Å². The maximum absolute atomic E-state index is 12.6. The zero-order chi connectivity index (χ0) is 15.7. The highest BCUT2D eigenvalue weighted by Gasteiger charge is 2.29. The van der Waals surface area contributed by atoms with Crippen LogP contribution in [0.4, 0.5) is 0 Å². The second-order valence-corrected chi connectivity index (χ2v) is 7.75. The van der Waals surface area contributed by atoms with Crippen molar-refractivity contribution in [2.45, 2.75) is 36.8 Å². The number of carbonyl (C=O) groups is 1. The molecule has 1 aromatic carbocycles. The zero-order valence-corrected chi connectivity index (χ0v) is 13.3. The molecule has 1 aliphatic heterocycles. The Labute approximate surface area is 130 Å². The minimum atomic E-state index is -3.53. The van der Waals surface area contributed by atoms with Gasteiger partial charge in [-0.2, -0.15) is 4.31 Å². The van der Waals surface area contributed by atoms with Gasteiger partial charge in [0.1, 0.15) is 0 Å². The first-order valence-corrected chi connectivity index (χ1v) is 8.93. The summed E-state index contributed by atoms with van der Waals surface area (Å²) in [5.74, 6) is -0.147. The van der Waals surface area contributed by atoms with Gasteiger partial charge in [-0.1, -0.05) is 0 Å². The van der Waals surface area contributed by atoms with Gasteiger partial charge in [0.2, 0.25) is 10.0 Å². The number of rotatable bonds is 4. The van der Waals surface area contributed by atoms with Gasteiger partial charge in [-0.25, -0.2) is 8.42 Å². The molecule has 1 saturated carbocycles. The van der Waals surface area contributed by atoms with E-state index in [2.05, 4.69) is 5.32 Å². The first-order chi connectivity index (χ1) is 10.5. The average molecular weight is 324 g/mol. The molecule has 22 heavy (non-hydrogen) atoms. The molecule has 2 fully saturated rings. The van der Waals surface area contributed by atoms with Crippen LogP contribution in [0.3, 0.4) is 0 Å². The molecule has 1 aromatic rings. The standard InChI is InChI=1S/C15H20N2O4S/c1-11-10-17(8-9-21-11)22(19,20)14-6-2-12(3-7-14)15(18)16-13-4-5-13/h2-3,6-7,11,13H,4-5,8-10H2,1H3,(H,16,18). The highest BCUT2D eigenvalue weighted by molar-refractivity contribution is 7.89. The molecule has 120 valence electrons. The zero-order valence-electron chi connectivity index (χ0n) is 12.5. The molecule has 1 N–H and O–H groups in total. The molecule has 1 saturated heterocycles. The normalized spacial score (nSPS) is 23.2. The third-order valence-corrected chi connectivity index (χ3v) is 5.75. The second-order valence-electron chi connectivity index (χ2n) is 5.82. The van der Waals surface area contributed by atoms with Crippen molar-refractivity contribution in [3.05, 3.63) is 29.8 Å². The fraction of sp³-hybridized carbons (Fsp3) is 0.533. The number of nitrogens with one attached hydrogen (secondary N) is 1. The summed E-state index contributed by atoms with van der Waals surface area (Å²) in [7, 11) is -3.53. The molecule has 6 nitrogen and oxygen atoms in total. The number of amides is 1. The fourth-order valence-corrected chi connectivity index (χ4v) is 3.93. The first-order valence-electron chi connectivity index (χ1n) is 7.49. The largest absolute Gasteiger partial charge is 0.376 e. The minimum absolute atomic E-state index is 0.105.